The van der Waals surface area contributed by atoms with Gasteiger partial charge in [0.1, 0.15) is 48.0 Å². The number of benzene rings is 1. The first-order valence-electron chi connectivity index (χ1n) is 24.3. The van der Waals surface area contributed by atoms with Gasteiger partial charge in [0.25, 0.3) is 0 Å². The number of hydrogen-bond acceptors (Lipinski definition) is 14. The number of aliphatic hydroxyl groups is 1. The van der Waals surface area contributed by atoms with E-state index >= 15 is 0 Å². The number of hydrogen-bond donors (Lipinski definition) is 11. The first kappa shape index (κ1) is 58.0. The smallest absolute Gasteiger partial charge is 0.246 e. The quantitative estimate of drug-likeness (QED) is 0.0966. The summed E-state index contributed by atoms with van der Waals surface area (Å²) >= 11 is 0. The molecule has 1 saturated carbocycles. The number of nitrogens with one attached hydrogen (secondary N) is 7. The van der Waals surface area contributed by atoms with E-state index in [9.17, 15) is 58.2 Å². The summed E-state index contributed by atoms with van der Waals surface area (Å²) in [5, 5.41) is 39.1. The van der Waals surface area contributed by atoms with Crippen molar-refractivity contribution in [1.82, 2.24) is 42.1 Å². The van der Waals surface area contributed by atoms with Gasteiger partial charge in [-0.2, -0.15) is 0 Å². The topological polar surface area (TPSA) is 351 Å². The van der Waals surface area contributed by atoms with Crippen LogP contribution in [-0.2, 0) is 54.4 Å². The van der Waals surface area contributed by atoms with E-state index < -0.39 is 131 Å². The van der Waals surface area contributed by atoms with Gasteiger partial charge in [-0.1, -0.05) is 87.1 Å². The Labute approximate surface area is 422 Å². The van der Waals surface area contributed by atoms with Crippen LogP contribution in [0.5, 0.6) is 5.75 Å². The number of phenols is 1. The summed E-state index contributed by atoms with van der Waals surface area (Å²) < 4.78 is -0.709. The van der Waals surface area contributed by atoms with Crippen LogP contribution in [-0.4, -0.2) is 146 Å². The van der Waals surface area contributed by atoms with Gasteiger partial charge in [0.2, 0.25) is 59.1 Å². The highest BCUT2D eigenvalue weighted by atomic mass is 33.1. The van der Waals surface area contributed by atoms with Crippen molar-refractivity contribution in [3.63, 3.8) is 0 Å². The number of aliphatic hydroxyl groups excluding tert-OH is 1. The molecule has 10 amide bonds. The molecule has 3 fully saturated rings. The molecule has 3 aliphatic rings. The third-order valence-electron chi connectivity index (χ3n) is 12.9. The maximum Gasteiger partial charge on any atom is 0.246 e. The van der Waals surface area contributed by atoms with Crippen LogP contribution < -0.4 is 48.7 Å². The lowest BCUT2D eigenvalue weighted by Crippen LogP contribution is -2.63. The Balaban J connectivity index is 1.75. The predicted molar refractivity (Wildman–Crippen MR) is 265 cm³/mol. The van der Waals surface area contributed by atoms with Crippen molar-refractivity contribution in [2.45, 2.75) is 165 Å². The van der Waals surface area contributed by atoms with Crippen molar-refractivity contribution in [3.8, 4) is 5.75 Å². The Kier molecular flexibility index (Phi) is 22.3. The molecule has 2 saturated heterocycles. The van der Waals surface area contributed by atoms with Crippen LogP contribution in [0.4, 0.5) is 0 Å². The predicted octanol–water partition coefficient (Wildman–Crippen LogP) is -0.728. The van der Waals surface area contributed by atoms with Crippen molar-refractivity contribution < 1.29 is 58.2 Å². The molecule has 1 aliphatic carbocycles. The van der Waals surface area contributed by atoms with Crippen LogP contribution in [0.15, 0.2) is 24.3 Å². The SMILES string of the molecule is CC[C@H](C)C1NC(=O)[C@H](Cc2ccc(O)cc2)NC(=O)CC2(CCCCC2)SSC[C@H](C(=O)N2CCC[C@H]2C(=O)N[C@@H](CC(C)C)C(=O)NCC(N)=O)NC(=O)[C@H](CC(N)=O)NC(=O)[C@H]([C@@H](C)O)NC1=O. The fraction of sp³-hybridized carbons (Fsp3) is 0.660. The number of aromatic hydroxyl groups is 1. The standard InChI is InChI=1S/C47H72N10O12S2/c1-6-26(4)38-44(67)56-39(27(5)58)45(68)53-32(21-35(48)60)41(64)54-33(46(69)57-18-10-11-34(57)43(66)52-30(19-25(2)3)40(63)50-23-36(49)61)24-70-71-47(16-8-7-9-17-47)22-37(62)51-31(42(65)55-38)20-28-12-14-29(59)15-13-28/h12-15,25-27,30-34,38-39,58-59H,6-11,16-24H2,1-5H3,(H2,48,60)(H2,49,61)(H,50,63)(H,51,62)(H,52,66)(H,53,68)(H,54,64)(H,55,65)(H,56,67)/t26-,27+,30-,31-,32-,33+,34-,38?,39-/m0/s1. The van der Waals surface area contributed by atoms with E-state index in [-0.39, 0.29) is 49.6 Å². The Morgan fingerprint density at radius 2 is 1.45 bits per heavy atom. The molecule has 2 aliphatic heterocycles. The van der Waals surface area contributed by atoms with E-state index in [0.717, 1.165) is 19.3 Å². The van der Waals surface area contributed by atoms with Crippen LogP contribution in [0.25, 0.3) is 0 Å². The molecule has 0 aromatic heterocycles. The molecule has 1 unspecified atom stereocenters. The van der Waals surface area contributed by atoms with Crippen LogP contribution in [0.3, 0.4) is 0 Å². The monoisotopic (exact) mass is 1030 g/mol. The normalized spacial score (nSPS) is 25.3. The Morgan fingerprint density at radius 3 is 2.06 bits per heavy atom. The molecule has 0 radical (unpaired) electrons. The van der Waals surface area contributed by atoms with Crippen LogP contribution >= 0.6 is 21.6 Å². The second-order valence-electron chi connectivity index (χ2n) is 19.2. The third kappa shape index (κ3) is 17.6. The number of likely N-dealkylation sites (tertiary alicyclic amines) is 1. The highest BCUT2D eigenvalue weighted by Crippen LogP contribution is 2.48. The maximum absolute atomic E-state index is 14.8. The molecular weight excluding hydrogens is 961 g/mol. The first-order valence-corrected chi connectivity index (χ1v) is 26.6. The summed E-state index contributed by atoms with van der Waals surface area (Å²) in [6.07, 6.45) is 2.33. The Bertz CT molecular complexity index is 2090. The molecule has 9 atom stereocenters. The number of nitrogens with two attached hydrogens (primary N) is 2. The van der Waals surface area contributed by atoms with Gasteiger partial charge < -0.3 is 63.8 Å². The molecule has 1 spiro atoms. The lowest BCUT2D eigenvalue weighted by molar-refractivity contribution is -0.142. The number of carbonyl (C=O) groups is 10. The van der Waals surface area contributed by atoms with Crippen LogP contribution in [0, 0.1) is 11.8 Å². The fourth-order valence-corrected chi connectivity index (χ4v) is 12.2. The summed E-state index contributed by atoms with van der Waals surface area (Å²) in [5.41, 5.74) is 11.4. The van der Waals surface area contributed by atoms with Gasteiger partial charge in [-0.15, -0.1) is 0 Å². The number of phenolic OH excluding ortho intramolecular Hbond substituents is 1. The minimum absolute atomic E-state index is 0.0106. The van der Waals surface area contributed by atoms with E-state index in [4.69, 9.17) is 11.5 Å². The van der Waals surface area contributed by atoms with Crippen LogP contribution in [0.2, 0.25) is 0 Å². The van der Waals surface area contributed by atoms with E-state index in [1.165, 1.54) is 45.5 Å². The lowest BCUT2D eigenvalue weighted by atomic mass is 9.85. The number of carbonyl (C=O) groups excluding carboxylic acids is 10. The van der Waals surface area contributed by atoms with Gasteiger partial charge in [-0.05, 0) is 68.6 Å². The number of nitrogens with zero attached hydrogens (tertiary/aromatic N) is 1. The average molecular weight is 1030 g/mol. The largest absolute Gasteiger partial charge is 0.508 e. The second kappa shape index (κ2) is 27.3. The first-order chi connectivity index (χ1) is 33.5. The second-order valence-corrected chi connectivity index (χ2v) is 22.0. The van der Waals surface area contributed by atoms with Crippen molar-refractivity contribution in [3.05, 3.63) is 29.8 Å². The van der Waals surface area contributed by atoms with Crippen molar-refractivity contribution in [2.75, 3.05) is 18.8 Å². The summed E-state index contributed by atoms with van der Waals surface area (Å²) in [5.74, 6) is -8.74. The summed E-state index contributed by atoms with van der Waals surface area (Å²) in [4.78, 5) is 138. The minimum atomic E-state index is -1.75. The number of rotatable bonds is 15. The van der Waals surface area contributed by atoms with Crippen LogP contribution in [0.1, 0.15) is 111 Å². The Hall–Kier alpha value is -5.62. The highest BCUT2D eigenvalue weighted by Gasteiger charge is 2.43. The molecular formula is C47H72N10O12S2. The zero-order chi connectivity index (χ0) is 52.6. The molecule has 71 heavy (non-hydrogen) atoms. The average Bonchev–Trinajstić information content (AvgIpc) is 3.81. The van der Waals surface area contributed by atoms with Gasteiger partial charge in [-0.3, -0.25) is 47.9 Å². The fourth-order valence-electron chi connectivity index (χ4n) is 8.82. The van der Waals surface area contributed by atoms with E-state index in [1.54, 1.807) is 26.0 Å². The van der Waals surface area contributed by atoms with Gasteiger partial charge in [0, 0.05) is 29.9 Å². The summed E-state index contributed by atoms with van der Waals surface area (Å²) in [6, 6.07) is -3.49. The summed E-state index contributed by atoms with van der Waals surface area (Å²) in [6.45, 7) is 7.97. The van der Waals surface area contributed by atoms with Gasteiger partial charge in [-0.25, -0.2) is 0 Å². The molecule has 1 aromatic carbocycles. The summed E-state index contributed by atoms with van der Waals surface area (Å²) in [7, 11) is 2.55. The van der Waals surface area contributed by atoms with Gasteiger partial charge in [0.15, 0.2) is 0 Å². The molecule has 4 rings (SSSR count). The maximum atomic E-state index is 14.8. The molecule has 1 aromatic rings. The zero-order valence-corrected chi connectivity index (χ0v) is 42.7. The lowest BCUT2D eigenvalue weighted by Gasteiger charge is -2.37. The third-order valence-corrected chi connectivity index (χ3v) is 16.2. The molecule has 24 heteroatoms. The van der Waals surface area contributed by atoms with E-state index in [2.05, 4.69) is 37.2 Å². The van der Waals surface area contributed by atoms with Crippen molar-refractivity contribution in [2.24, 2.45) is 23.3 Å². The zero-order valence-electron chi connectivity index (χ0n) is 41.1. The molecule has 13 N–H and O–H groups in total. The van der Waals surface area contributed by atoms with Gasteiger partial charge >= 0.3 is 0 Å². The highest BCUT2D eigenvalue weighted by molar-refractivity contribution is 8.77. The molecule has 2 heterocycles. The van der Waals surface area contributed by atoms with E-state index in [0.29, 0.717) is 31.2 Å². The minimum Gasteiger partial charge on any atom is -0.508 e. The molecule has 22 nitrogen and oxygen atoms in total. The number of amides is 10. The van der Waals surface area contributed by atoms with E-state index in [1.807, 2.05) is 13.8 Å². The van der Waals surface area contributed by atoms with Crippen molar-refractivity contribution in [1.29, 1.82) is 0 Å². The molecule has 394 valence electrons. The Morgan fingerprint density at radius 1 is 0.817 bits per heavy atom. The van der Waals surface area contributed by atoms with Gasteiger partial charge in [0.05, 0.1) is 19.1 Å². The van der Waals surface area contributed by atoms with Crippen molar-refractivity contribution >= 4 is 80.7 Å². The molecule has 0 bridgehead atoms. The number of primary amides is 2.